The van der Waals surface area contributed by atoms with Gasteiger partial charge in [-0.1, -0.05) is 43.7 Å². The van der Waals surface area contributed by atoms with Crippen LogP contribution in [0.3, 0.4) is 0 Å². The van der Waals surface area contributed by atoms with Gasteiger partial charge in [0.1, 0.15) is 6.61 Å². The van der Waals surface area contributed by atoms with E-state index in [1.807, 2.05) is 30.3 Å². The monoisotopic (exact) mass is 276 g/mol. The van der Waals surface area contributed by atoms with Gasteiger partial charge in [0.25, 0.3) is 0 Å². The average Bonchev–Trinajstić information content (AvgIpc) is 2.91. The second kappa shape index (κ2) is 7.90. The highest BCUT2D eigenvalue weighted by Crippen LogP contribution is 2.10. The first-order chi connectivity index (χ1) is 9.78. The Kier molecular flexibility index (Phi) is 5.87. The Morgan fingerprint density at radius 1 is 1.40 bits per heavy atom. The second-order valence-corrected chi connectivity index (χ2v) is 5.35. The molecule has 0 spiro atoms. The standard InChI is InChI=1S/C16H24N2O2/c1-2-3-10-18-11-9-15(12-18)17-16(19)20-13-14-7-5-4-6-8-14/h4-8,15H,2-3,9-13H2,1H3,(H,17,19). The molecule has 1 saturated heterocycles. The van der Waals surface area contributed by atoms with Gasteiger partial charge in [0.05, 0.1) is 0 Å². The van der Waals surface area contributed by atoms with Crippen LogP contribution in [0.25, 0.3) is 0 Å². The molecule has 1 aromatic carbocycles. The zero-order valence-corrected chi connectivity index (χ0v) is 12.2. The third-order valence-electron chi connectivity index (χ3n) is 3.63. The molecule has 1 aliphatic rings. The number of amides is 1. The topological polar surface area (TPSA) is 41.6 Å². The summed E-state index contributed by atoms with van der Waals surface area (Å²) in [6, 6.07) is 9.98. The van der Waals surface area contributed by atoms with Crippen LogP contribution in [0.2, 0.25) is 0 Å². The summed E-state index contributed by atoms with van der Waals surface area (Å²) in [5, 5.41) is 2.95. The Balaban J connectivity index is 1.65. The first kappa shape index (κ1) is 14.9. The molecule has 110 valence electrons. The van der Waals surface area contributed by atoms with E-state index < -0.39 is 0 Å². The van der Waals surface area contributed by atoms with E-state index in [1.165, 1.54) is 12.8 Å². The van der Waals surface area contributed by atoms with E-state index in [0.29, 0.717) is 6.61 Å². The largest absolute Gasteiger partial charge is 0.445 e. The third-order valence-corrected chi connectivity index (χ3v) is 3.63. The SMILES string of the molecule is CCCCN1CCC(NC(=O)OCc2ccccc2)C1. The van der Waals surface area contributed by atoms with Crippen LogP contribution in [0.5, 0.6) is 0 Å². The van der Waals surface area contributed by atoms with Crippen molar-refractivity contribution < 1.29 is 9.53 Å². The lowest BCUT2D eigenvalue weighted by Crippen LogP contribution is -2.37. The van der Waals surface area contributed by atoms with E-state index in [-0.39, 0.29) is 12.1 Å². The van der Waals surface area contributed by atoms with Crippen LogP contribution >= 0.6 is 0 Å². The molecular weight excluding hydrogens is 252 g/mol. The van der Waals surface area contributed by atoms with Gasteiger partial charge >= 0.3 is 6.09 Å². The van der Waals surface area contributed by atoms with Crippen molar-refractivity contribution in [2.24, 2.45) is 0 Å². The molecule has 1 unspecified atom stereocenters. The van der Waals surface area contributed by atoms with Gasteiger partial charge in [-0.15, -0.1) is 0 Å². The van der Waals surface area contributed by atoms with Crippen molar-refractivity contribution in [2.75, 3.05) is 19.6 Å². The summed E-state index contributed by atoms with van der Waals surface area (Å²) < 4.78 is 5.24. The van der Waals surface area contributed by atoms with Gasteiger partial charge in [0.2, 0.25) is 0 Å². The summed E-state index contributed by atoms with van der Waals surface area (Å²) >= 11 is 0. The number of likely N-dealkylation sites (tertiary alicyclic amines) is 1. The summed E-state index contributed by atoms with van der Waals surface area (Å²) in [5.74, 6) is 0. The van der Waals surface area contributed by atoms with Crippen LogP contribution in [0.15, 0.2) is 30.3 Å². The summed E-state index contributed by atoms with van der Waals surface area (Å²) in [5.41, 5.74) is 1.01. The lowest BCUT2D eigenvalue weighted by atomic mass is 10.2. The maximum atomic E-state index is 11.7. The Morgan fingerprint density at radius 2 is 2.20 bits per heavy atom. The molecule has 4 heteroatoms. The normalized spacial score (nSPS) is 18.9. The fraction of sp³-hybridized carbons (Fsp3) is 0.562. The number of ether oxygens (including phenoxy) is 1. The van der Waals surface area contributed by atoms with Gasteiger partial charge < -0.3 is 15.0 Å². The van der Waals surface area contributed by atoms with E-state index >= 15 is 0 Å². The number of benzene rings is 1. The van der Waals surface area contributed by atoms with Crippen LogP contribution < -0.4 is 5.32 Å². The van der Waals surface area contributed by atoms with Gasteiger partial charge in [0.15, 0.2) is 0 Å². The Morgan fingerprint density at radius 3 is 2.95 bits per heavy atom. The number of unbranched alkanes of at least 4 members (excludes halogenated alkanes) is 1. The second-order valence-electron chi connectivity index (χ2n) is 5.35. The smallest absolute Gasteiger partial charge is 0.407 e. The molecule has 1 aliphatic heterocycles. The van der Waals surface area contributed by atoms with Crippen LogP contribution in [-0.4, -0.2) is 36.7 Å². The molecule has 20 heavy (non-hydrogen) atoms. The van der Waals surface area contributed by atoms with Crippen molar-refractivity contribution in [3.8, 4) is 0 Å². The van der Waals surface area contributed by atoms with Gasteiger partial charge in [-0.2, -0.15) is 0 Å². The minimum Gasteiger partial charge on any atom is -0.445 e. The number of carbonyl (C=O) groups is 1. The van der Waals surface area contributed by atoms with Crippen molar-refractivity contribution in [2.45, 2.75) is 38.8 Å². The number of hydrogen-bond acceptors (Lipinski definition) is 3. The molecule has 0 aliphatic carbocycles. The minimum absolute atomic E-state index is 0.232. The zero-order valence-electron chi connectivity index (χ0n) is 12.2. The fourth-order valence-corrected chi connectivity index (χ4v) is 2.47. The lowest BCUT2D eigenvalue weighted by molar-refractivity contribution is 0.135. The van der Waals surface area contributed by atoms with Crippen LogP contribution in [0, 0.1) is 0 Å². The van der Waals surface area contributed by atoms with Crippen LogP contribution in [0.1, 0.15) is 31.7 Å². The highest BCUT2D eigenvalue weighted by Gasteiger charge is 2.23. The Labute approximate surface area is 121 Å². The number of alkyl carbamates (subject to hydrolysis) is 1. The van der Waals surface area contributed by atoms with Crippen molar-refractivity contribution in [3.05, 3.63) is 35.9 Å². The molecule has 0 saturated carbocycles. The summed E-state index contributed by atoms with van der Waals surface area (Å²) in [4.78, 5) is 14.1. The predicted octanol–water partition coefficient (Wildman–Crippen LogP) is 2.79. The van der Waals surface area contributed by atoms with Crippen molar-refractivity contribution in [1.29, 1.82) is 0 Å². The summed E-state index contributed by atoms with van der Waals surface area (Å²) in [7, 11) is 0. The predicted molar refractivity (Wildman–Crippen MR) is 79.5 cm³/mol. The number of carbonyl (C=O) groups excluding carboxylic acids is 1. The Bertz CT molecular complexity index is 408. The van der Waals surface area contributed by atoms with Crippen molar-refractivity contribution in [3.63, 3.8) is 0 Å². The molecule has 1 atom stereocenters. The molecular formula is C16H24N2O2. The number of nitrogens with zero attached hydrogens (tertiary/aromatic N) is 1. The molecule has 1 fully saturated rings. The molecule has 0 aromatic heterocycles. The average molecular weight is 276 g/mol. The Hall–Kier alpha value is -1.55. The minimum atomic E-state index is -0.309. The highest BCUT2D eigenvalue weighted by atomic mass is 16.5. The van der Waals surface area contributed by atoms with E-state index in [9.17, 15) is 4.79 Å². The van der Waals surface area contributed by atoms with Gasteiger partial charge in [-0.25, -0.2) is 4.79 Å². The number of rotatable bonds is 6. The quantitative estimate of drug-likeness (QED) is 0.868. The van der Waals surface area contributed by atoms with Crippen molar-refractivity contribution >= 4 is 6.09 Å². The lowest BCUT2D eigenvalue weighted by Gasteiger charge is -2.16. The molecule has 0 bridgehead atoms. The molecule has 2 rings (SSSR count). The van der Waals surface area contributed by atoms with Gasteiger partial charge in [0, 0.05) is 19.1 Å². The number of hydrogen-bond donors (Lipinski definition) is 1. The molecule has 1 amide bonds. The zero-order chi connectivity index (χ0) is 14.2. The third kappa shape index (κ3) is 4.85. The van der Waals surface area contributed by atoms with E-state index in [0.717, 1.165) is 31.6 Å². The van der Waals surface area contributed by atoms with Gasteiger partial charge in [-0.3, -0.25) is 0 Å². The highest BCUT2D eigenvalue weighted by molar-refractivity contribution is 5.67. The van der Waals surface area contributed by atoms with E-state index in [1.54, 1.807) is 0 Å². The molecule has 4 nitrogen and oxygen atoms in total. The van der Waals surface area contributed by atoms with Crippen LogP contribution in [0.4, 0.5) is 4.79 Å². The van der Waals surface area contributed by atoms with E-state index in [4.69, 9.17) is 4.74 Å². The fourth-order valence-electron chi connectivity index (χ4n) is 2.47. The molecule has 0 radical (unpaired) electrons. The first-order valence-electron chi connectivity index (χ1n) is 7.47. The van der Waals surface area contributed by atoms with Gasteiger partial charge in [-0.05, 0) is 24.9 Å². The molecule has 1 heterocycles. The van der Waals surface area contributed by atoms with Crippen LogP contribution in [-0.2, 0) is 11.3 Å². The maximum Gasteiger partial charge on any atom is 0.407 e. The summed E-state index contributed by atoms with van der Waals surface area (Å²) in [6.07, 6.45) is 3.15. The maximum absolute atomic E-state index is 11.7. The first-order valence-corrected chi connectivity index (χ1v) is 7.47. The molecule has 1 N–H and O–H groups in total. The van der Waals surface area contributed by atoms with Crippen molar-refractivity contribution in [1.82, 2.24) is 10.2 Å². The molecule has 1 aromatic rings. The summed E-state index contributed by atoms with van der Waals surface area (Å²) in [6.45, 7) is 5.68. The number of nitrogens with one attached hydrogen (secondary N) is 1. The van der Waals surface area contributed by atoms with E-state index in [2.05, 4.69) is 17.1 Å².